The van der Waals surface area contributed by atoms with Gasteiger partial charge in [0.25, 0.3) is 0 Å². The summed E-state index contributed by atoms with van der Waals surface area (Å²) >= 11 is 0. The van der Waals surface area contributed by atoms with Crippen LogP contribution in [-0.2, 0) is 14.3 Å². The highest BCUT2D eigenvalue weighted by Gasteiger charge is 2.30. The lowest BCUT2D eigenvalue weighted by molar-refractivity contribution is -0.511. The molecular weight excluding hydrogens is 218 g/mol. The lowest BCUT2D eigenvalue weighted by Gasteiger charge is -2.07. The summed E-state index contributed by atoms with van der Waals surface area (Å²) in [4.78, 5) is 31.2. The molecule has 0 spiro atoms. The fourth-order valence-electron chi connectivity index (χ4n) is 1.16. The zero-order valence-corrected chi connectivity index (χ0v) is 9.05. The molecule has 7 heteroatoms. The molecule has 0 saturated carbocycles. The summed E-state index contributed by atoms with van der Waals surface area (Å²) in [6.45, 7) is 1.66. The second-order valence-electron chi connectivity index (χ2n) is 3.19. The Bertz CT molecular complexity index is 265. The molecule has 1 N–H and O–H groups in total. The van der Waals surface area contributed by atoms with E-state index in [0.29, 0.717) is 12.8 Å². The number of aliphatic carboxylic acids is 1. The molecule has 0 aliphatic heterocycles. The summed E-state index contributed by atoms with van der Waals surface area (Å²) in [5, 5.41) is 18.9. The predicted octanol–water partition coefficient (Wildman–Crippen LogP) is 0.840. The summed E-state index contributed by atoms with van der Waals surface area (Å²) in [5.41, 5.74) is 0. The molecule has 16 heavy (non-hydrogen) atoms. The second kappa shape index (κ2) is 7.61. The Morgan fingerprint density at radius 3 is 2.50 bits per heavy atom. The third-order valence-electron chi connectivity index (χ3n) is 1.93. The fraction of sp³-hybridized carbons (Fsp3) is 0.778. The average molecular weight is 233 g/mol. The van der Waals surface area contributed by atoms with Gasteiger partial charge >= 0.3 is 18.0 Å². The molecule has 0 aliphatic rings. The van der Waals surface area contributed by atoms with Gasteiger partial charge < -0.3 is 9.84 Å². The van der Waals surface area contributed by atoms with Gasteiger partial charge in [-0.1, -0.05) is 0 Å². The third-order valence-corrected chi connectivity index (χ3v) is 1.93. The number of unbranched alkanes of at least 4 members (excludes halogenated alkanes) is 1. The Morgan fingerprint density at radius 2 is 2.06 bits per heavy atom. The molecule has 0 radical (unpaired) electrons. The second-order valence-corrected chi connectivity index (χ2v) is 3.19. The number of nitrogens with zero attached hydrogens (tertiary/aromatic N) is 1. The molecule has 0 aromatic heterocycles. The van der Waals surface area contributed by atoms with Crippen molar-refractivity contribution in [1.29, 1.82) is 0 Å². The number of hydrogen-bond acceptors (Lipinski definition) is 5. The van der Waals surface area contributed by atoms with E-state index in [1.54, 1.807) is 6.92 Å². The number of carbonyl (C=O) groups is 2. The molecule has 0 bridgehead atoms. The Labute approximate surface area is 92.5 Å². The van der Waals surface area contributed by atoms with Crippen LogP contribution in [0, 0.1) is 10.1 Å². The van der Waals surface area contributed by atoms with E-state index in [2.05, 4.69) is 4.74 Å². The molecule has 0 rings (SSSR count). The number of rotatable bonds is 8. The summed E-state index contributed by atoms with van der Waals surface area (Å²) in [7, 11) is 0. The van der Waals surface area contributed by atoms with Crippen LogP contribution in [0.25, 0.3) is 0 Å². The average Bonchev–Trinajstić information content (AvgIpc) is 2.16. The van der Waals surface area contributed by atoms with Crippen LogP contribution < -0.4 is 0 Å². The van der Waals surface area contributed by atoms with Gasteiger partial charge in [-0.25, -0.2) is 4.79 Å². The van der Waals surface area contributed by atoms with E-state index in [1.807, 2.05) is 0 Å². The van der Waals surface area contributed by atoms with E-state index >= 15 is 0 Å². The molecule has 92 valence electrons. The quantitative estimate of drug-likeness (QED) is 0.288. The maximum atomic E-state index is 11.1. The number of esters is 1. The Kier molecular flexibility index (Phi) is 6.82. The highest BCUT2D eigenvalue weighted by molar-refractivity contribution is 5.74. The minimum atomic E-state index is -1.38. The van der Waals surface area contributed by atoms with Crippen molar-refractivity contribution in [2.24, 2.45) is 0 Å². The van der Waals surface area contributed by atoms with Crippen LogP contribution in [0.2, 0.25) is 0 Å². The SMILES string of the molecule is CCOC(=O)C(CCCCC(=O)O)[N+](=O)[O-]. The zero-order chi connectivity index (χ0) is 12.6. The number of carbonyl (C=O) groups excluding carboxylic acids is 1. The number of ether oxygens (including phenoxy) is 1. The molecule has 7 nitrogen and oxygen atoms in total. The highest BCUT2D eigenvalue weighted by Crippen LogP contribution is 2.08. The van der Waals surface area contributed by atoms with Gasteiger partial charge in [0.2, 0.25) is 0 Å². The van der Waals surface area contributed by atoms with Crippen LogP contribution in [0.15, 0.2) is 0 Å². The first kappa shape index (κ1) is 14.3. The molecular formula is C9H15NO6. The number of nitro groups is 1. The van der Waals surface area contributed by atoms with Crippen molar-refractivity contribution in [1.82, 2.24) is 0 Å². The van der Waals surface area contributed by atoms with Gasteiger partial charge in [0.1, 0.15) is 0 Å². The van der Waals surface area contributed by atoms with Crippen LogP contribution in [0.5, 0.6) is 0 Å². The van der Waals surface area contributed by atoms with Gasteiger partial charge in [-0.15, -0.1) is 0 Å². The van der Waals surface area contributed by atoms with Gasteiger partial charge in [-0.2, -0.15) is 0 Å². The Balaban J connectivity index is 4.00. The lowest BCUT2D eigenvalue weighted by Crippen LogP contribution is -2.31. The van der Waals surface area contributed by atoms with Gasteiger partial charge in [-0.3, -0.25) is 14.9 Å². The first-order valence-corrected chi connectivity index (χ1v) is 5.01. The molecule has 0 aromatic carbocycles. The fourth-order valence-corrected chi connectivity index (χ4v) is 1.16. The number of carboxylic acid groups (broad SMARTS) is 1. The lowest BCUT2D eigenvalue weighted by atomic mass is 10.1. The third kappa shape index (κ3) is 5.94. The Morgan fingerprint density at radius 1 is 1.44 bits per heavy atom. The van der Waals surface area contributed by atoms with Crippen LogP contribution >= 0.6 is 0 Å². The maximum Gasteiger partial charge on any atom is 0.381 e. The predicted molar refractivity (Wildman–Crippen MR) is 53.5 cm³/mol. The highest BCUT2D eigenvalue weighted by atomic mass is 16.6. The summed E-state index contributed by atoms with van der Waals surface area (Å²) in [6, 6.07) is -1.38. The van der Waals surface area contributed by atoms with Crippen LogP contribution in [0.3, 0.4) is 0 Å². The van der Waals surface area contributed by atoms with E-state index < -0.39 is 22.9 Å². The molecule has 0 heterocycles. The summed E-state index contributed by atoms with van der Waals surface area (Å²) in [5.74, 6) is -1.81. The topological polar surface area (TPSA) is 107 Å². The first-order chi connectivity index (χ1) is 7.49. The van der Waals surface area contributed by atoms with Crippen molar-refractivity contribution < 1.29 is 24.4 Å². The first-order valence-electron chi connectivity index (χ1n) is 5.01. The van der Waals surface area contributed by atoms with E-state index in [0.717, 1.165) is 0 Å². The van der Waals surface area contributed by atoms with E-state index in [9.17, 15) is 19.7 Å². The van der Waals surface area contributed by atoms with Crippen LogP contribution in [0.1, 0.15) is 32.6 Å². The van der Waals surface area contributed by atoms with Crippen molar-refractivity contribution in [3.63, 3.8) is 0 Å². The van der Waals surface area contributed by atoms with Crippen molar-refractivity contribution in [3.8, 4) is 0 Å². The molecule has 0 saturated heterocycles. The standard InChI is InChI=1S/C9H15NO6/c1-2-16-9(13)7(10(14)15)5-3-4-6-8(11)12/h7H,2-6H2,1H3,(H,11,12). The van der Waals surface area contributed by atoms with Gasteiger partial charge in [0, 0.05) is 17.8 Å². The summed E-state index contributed by atoms with van der Waals surface area (Å²) < 4.78 is 4.55. The largest absolute Gasteiger partial charge is 0.481 e. The normalized spacial score (nSPS) is 11.8. The monoisotopic (exact) mass is 233 g/mol. The summed E-state index contributed by atoms with van der Waals surface area (Å²) in [6.07, 6.45) is 0.599. The van der Waals surface area contributed by atoms with Crippen molar-refractivity contribution >= 4 is 11.9 Å². The number of hydrogen-bond donors (Lipinski definition) is 1. The van der Waals surface area contributed by atoms with Crippen molar-refractivity contribution in [2.45, 2.75) is 38.6 Å². The molecule has 0 fully saturated rings. The van der Waals surface area contributed by atoms with E-state index in [-0.39, 0.29) is 19.4 Å². The Hall–Kier alpha value is -1.66. The van der Waals surface area contributed by atoms with Gasteiger partial charge in [0.05, 0.1) is 6.61 Å². The van der Waals surface area contributed by atoms with Crippen molar-refractivity contribution in [2.75, 3.05) is 6.61 Å². The smallest absolute Gasteiger partial charge is 0.381 e. The molecule has 0 amide bonds. The van der Waals surface area contributed by atoms with Crippen LogP contribution in [-0.4, -0.2) is 34.6 Å². The zero-order valence-electron chi connectivity index (χ0n) is 9.05. The molecule has 1 atom stereocenters. The minimum absolute atomic E-state index is 0.0130. The van der Waals surface area contributed by atoms with E-state index in [1.165, 1.54) is 0 Å². The molecule has 0 aliphatic carbocycles. The maximum absolute atomic E-state index is 11.1. The number of carboxylic acids is 1. The van der Waals surface area contributed by atoms with E-state index in [4.69, 9.17) is 5.11 Å². The van der Waals surface area contributed by atoms with Crippen LogP contribution in [0.4, 0.5) is 0 Å². The minimum Gasteiger partial charge on any atom is -0.481 e. The van der Waals surface area contributed by atoms with Crippen molar-refractivity contribution in [3.05, 3.63) is 10.1 Å². The molecule has 1 unspecified atom stereocenters. The van der Waals surface area contributed by atoms with Gasteiger partial charge in [-0.05, 0) is 19.8 Å². The molecule has 0 aromatic rings. The van der Waals surface area contributed by atoms with Gasteiger partial charge in [0.15, 0.2) is 0 Å².